The summed E-state index contributed by atoms with van der Waals surface area (Å²) >= 11 is 3.32. The van der Waals surface area contributed by atoms with Gasteiger partial charge in [0.25, 0.3) is 0 Å². The Balaban J connectivity index is 2.67. The van der Waals surface area contributed by atoms with Gasteiger partial charge in [0.1, 0.15) is 5.82 Å². The predicted molar refractivity (Wildman–Crippen MR) is 64.6 cm³/mol. The summed E-state index contributed by atoms with van der Waals surface area (Å²) in [6.07, 6.45) is 0.695. The largest absolute Gasteiger partial charge is 0.240 e. The Morgan fingerprint density at radius 2 is 1.94 bits per heavy atom. The lowest BCUT2D eigenvalue weighted by molar-refractivity contribution is 0.578. The molecule has 1 aromatic carbocycles. The molecule has 1 rings (SSSR count). The van der Waals surface area contributed by atoms with Gasteiger partial charge in [-0.05, 0) is 30.7 Å². The third-order valence-corrected chi connectivity index (χ3v) is 3.89. The lowest BCUT2D eigenvalue weighted by Crippen LogP contribution is -2.25. The van der Waals surface area contributed by atoms with Crippen molar-refractivity contribution >= 4 is 26.0 Å². The van der Waals surface area contributed by atoms with Crippen LogP contribution in [0.4, 0.5) is 4.39 Å². The summed E-state index contributed by atoms with van der Waals surface area (Å²) in [6, 6.07) is 4.74. The molecular weight excluding hydrogens is 297 g/mol. The molecule has 6 heteroatoms. The summed E-state index contributed by atoms with van der Waals surface area (Å²) < 4.78 is 38.4. The molecule has 0 aromatic heterocycles. The molecule has 0 aliphatic rings. The van der Waals surface area contributed by atoms with Crippen molar-refractivity contribution in [1.82, 2.24) is 4.72 Å². The van der Waals surface area contributed by atoms with Crippen molar-refractivity contribution in [3.8, 4) is 0 Å². The van der Waals surface area contributed by atoms with Crippen molar-refractivity contribution in [3.05, 3.63) is 30.1 Å². The van der Waals surface area contributed by atoms with Gasteiger partial charge in [0.05, 0.1) is 4.90 Å². The molecule has 0 saturated carbocycles. The van der Waals surface area contributed by atoms with E-state index in [4.69, 9.17) is 0 Å². The van der Waals surface area contributed by atoms with E-state index < -0.39 is 15.8 Å². The molecule has 1 aromatic rings. The third kappa shape index (κ3) is 4.19. The number of alkyl halides is 1. The molecule has 0 radical (unpaired) electrons. The number of benzene rings is 1. The zero-order chi connectivity index (χ0) is 12.2. The van der Waals surface area contributed by atoms with Gasteiger partial charge in [0.2, 0.25) is 10.0 Å². The number of sulfonamides is 1. The van der Waals surface area contributed by atoms with Crippen LogP contribution < -0.4 is 4.72 Å². The van der Waals surface area contributed by atoms with E-state index in [1.165, 1.54) is 12.1 Å². The first-order valence-corrected chi connectivity index (χ1v) is 7.21. The fourth-order valence-electron chi connectivity index (χ4n) is 1.09. The fourth-order valence-corrected chi connectivity index (χ4v) is 2.37. The maximum Gasteiger partial charge on any atom is 0.240 e. The zero-order valence-electron chi connectivity index (χ0n) is 8.78. The number of rotatable bonds is 5. The van der Waals surface area contributed by atoms with Crippen molar-refractivity contribution in [3.63, 3.8) is 0 Å². The van der Waals surface area contributed by atoms with Gasteiger partial charge in [-0.2, -0.15) is 0 Å². The normalized spacial score (nSPS) is 13.7. The summed E-state index contributed by atoms with van der Waals surface area (Å²) in [5, 5.41) is 0. The van der Waals surface area contributed by atoms with E-state index >= 15 is 0 Å². The molecule has 0 amide bonds. The van der Waals surface area contributed by atoms with Gasteiger partial charge in [-0.25, -0.2) is 17.5 Å². The van der Waals surface area contributed by atoms with Crippen LogP contribution in [0.2, 0.25) is 0 Å². The zero-order valence-corrected chi connectivity index (χ0v) is 11.2. The highest BCUT2D eigenvalue weighted by Gasteiger charge is 2.13. The maximum absolute atomic E-state index is 12.6. The van der Waals surface area contributed by atoms with Crippen LogP contribution in [-0.2, 0) is 10.0 Å². The van der Waals surface area contributed by atoms with Crippen LogP contribution in [0.15, 0.2) is 29.2 Å². The average molecular weight is 310 g/mol. The number of halogens is 2. The van der Waals surface area contributed by atoms with Gasteiger partial charge in [-0.15, -0.1) is 0 Å². The average Bonchev–Trinajstić information content (AvgIpc) is 2.17. The highest BCUT2D eigenvalue weighted by atomic mass is 79.9. The highest BCUT2D eigenvalue weighted by molar-refractivity contribution is 9.09. The summed E-state index contributed by atoms with van der Waals surface area (Å²) in [7, 11) is -3.51. The van der Waals surface area contributed by atoms with Gasteiger partial charge < -0.3 is 0 Å². The first kappa shape index (κ1) is 13.6. The van der Waals surface area contributed by atoms with E-state index in [1.807, 2.05) is 6.92 Å². The van der Waals surface area contributed by atoms with Crippen molar-refractivity contribution in [2.45, 2.75) is 23.1 Å². The minimum atomic E-state index is -3.51. The minimum Gasteiger partial charge on any atom is -0.211 e. The van der Waals surface area contributed by atoms with Crippen LogP contribution in [0, 0.1) is 5.82 Å². The van der Waals surface area contributed by atoms with Gasteiger partial charge in [0, 0.05) is 11.4 Å². The molecule has 1 atom stereocenters. The molecule has 0 bridgehead atoms. The molecular formula is C10H13BrFNO2S. The molecule has 1 unspecified atom stereocenters. The second-order valence-corrected chi connectivity index (χ2v) is 6.75. The van der Waals surface area contributed by atoms with Gasteiger partial charge in [-0.3, -0.25) is 0 Å². The predicted octanol–water partition coefficient (Wildman–Crippen LogP) is 2.28. The van der Waals surface area contributed by atoms with Crippen LogP contribution in [0.1, 0.15) is 13.3 Å². The molecule has 3 nitrogen and oxygen atoms in total. The molecule has 0 aliphatic heterocycles. The van der Waals surface area contributed by atoms with E-state index in [1.54, 1.807) is 0 Å². The first-order chi connectivity index (χ1) is 7.42. The molecule has 0 fully saturated rings. The Bertz CT molecular complexity index is 431. The van der Waals surface area contributed by atoms with E-state index in [-0.39, 0.29) is 9.72 Å². The summed E-state index contributed by atoms with van der Waals surface area (Å²) in [5.74, 6) is -0.451. The van der Waals surface area contributed by atoms with E-state index in [0.717, 1.165) is 12.1 Å². The quantitative estimate of drug-likeness (QED) is 0.848. The molecule has 90 valence electrons. The lowest BCUT2D eigenvalue weighted by atomic mass is 10.3. The second kappa shape index (κ2) is 5.75. The Hall–Kier alpha value is -0.460. The minimum absolute atomic E-state index is 0.0797. The lowest BCUT2D eigenvalue weighted by Gasteiger charge is -2.07. The van der Waals surface area contributed by atoms with Gasteiger partial charge in [-0.1, -0.05) is 22.9 Å². The Labute approximate surface area is 103 Å². The Morgan fingerprint density at radius 3 is 2.44 bits per heavy atom. The van der Waals surface area contributed by atoms with Crippen LogP contribution >= 0.6 is 15.9 Å². The molecule has 16 heavy (non-hydrogen) atoms. The van der Waals surface area contributed by atoms with Crippen LogP contribution in [0.3, 0.4) is 0 Å². The first-order valence-electron chi connectivity index (χ1n) is 4.81. The topological polar surface area (TPSA) is 46.2 Å². The van der Waals surface area contributed by atoms with Gasteiger partial charge in [0.15, 0.2) is 0 Å². The number of hydrogen-bond donors (Lipinski definition) is 1. The summed E-state index contributed by atoms with van der Waals surface area (Å²) in [6.45, 7) is 2.29. The molecule has 0 aliphatic carbocycles. The van der Waals surface area contributed by atoms with Crippen LogP contribution in [0.25, 0.3) is 0 Å². The molecule has 0 spiro atoms. The van der Waals surface area contributed by atoms with Crippen LogP contribution in [-0.4, -0.2) is 19.8 Å². The number of hydrogen-bond acceptors (Lipinski definition) is 2. The summed E-state index contributed by atoms with van der Waals surface area (Å²) in [4.78, 5) is 0.333. The van der Waals surface area contributed by atoms with E-state index in [0.29, 0.717) is 13.0 Å². The Kier molecular flexibility index (Phi) is 4.89. The fraction of sp³-hybridized carbons (Fsp3) is 0.400. The van der Waals surface area contributed by atoms with Gasteiger partial charge >= 0.3 is 0 Å². The smallest absolute Gasteiger partial charge is 0.211 e. The van der Waals surface area contributed by atoms with Crippen LogP contribution in [0.5, 0.6) is 0 Å². The second-order valence-electron chi connectivity index (χ2n) is 3.42. The van der Waals surface area contributed by atoms with Crippen molar-refractivity contribution in [1.29, 1.82) is 0 Å². The molecule has 0 saturated heterocycles. The third-order valence-electron chi connectivity index (χ3n) is 1.96. The molecule has 1 N–H and O–H groups in total. The Morgan fingerprint density at radius 1 is 1.38 bits per heavy atom. The standard InChI is InChI=1S/C10H13BrFNO2S/c1-8(11)6-7-13-16(14,15)10-4-2-9(12)3-5-10/h2-5,8,13H,6-7H2,1H3. The maximum atomic E-state index is 12.6. The van der Waals surface area contributed by atoms with Crippen molar-refractivity contribution < 1.29 is 12.8 Å². The monoisotopic (exact) mass is 309 g/mol. The SMILES string of the molecule is CC(Br)CCNS(=O)(=O)c1ccc(F)cc1. The van der Waals surface area contributed by atoms with Crippen molar-refractivity contribution in [2.75, 3.05) is 6.54 Å². The van der Waals surface area contributed by atoms with E-state index in [2.05, 4.69) is 20.7 Å². The highest BCUT2D eigenvalue weighted by Crippen LogP contribution is 2.10. The van der Waals surface area contributed by atoms with E-state index in [9.17, 15) is 12.8 Å². The number of nitrogens with one attached hydrogen (secondary N) is 1. The summed E-state index contributed by atoms with van der Waals surface area (Å²) in [5.41, 5.74) is 0. The van der Waals surface area contributed by atoms with Crippen molar-refractivity contribution in [2.24, 2.45) is 0 Å². The molecule has 0 heterocycles.